The van der Waals surface area contributed by atoms with E-state index in [1.807, 2.05) is 0 Å². The highest BCUT2D eigenvalue weighted by atomic mass is 19.4. The van der Waals surface area contributed by atoms with E-state index in [0.29, 0.717) is 46.7 Å². The summed E-state index contributed by atoms with van der Waals surface area (Å²) in [5.41, 5.74) is 2.80. The van der Waals surface area contributed by atoms with Crippen molar-refractivity contribution < 1.29 is 27.8 Å². The molecule has 0 spiro atoms. The fourth-order valence-corrected chi connectivity index (χ4v) is 3.17. The predicted molar refractivity (Wildman–Crippen MR) is 101 cm³/mol. The van der Waals surface area contributed by atoms with Crippen molar-refractivity contribution in [2.45, 2.75) is 19.0 Å². The van der Waals surface area contributed by atoms with Crippen LogP contribution in [0.2, 0.25) is 0 Å². The molecule has 0 amide bonds. The molecule has 150 valence electrons. The van der Waals surface area contributed by atoms with Crippen molar-refractivity contribution in [3.63, 3.8) is 0 Å². The Balaban J connectivity index is 1.99. The molecule has 2 N–H and O–H groups in total. The summed E-state index contributed by atoms with van der Waals surface area (Å²) in [6.07, 6.45) is -4.80. The topological polar surface area (TPSA) is 82.3 Å². The number of nitrogens with one attached hydrogen (secondary N) is 1. The van der Waals surface area contributed by atoms with Crippen molar-refractivity contribution in [1.29, 1.82) is 5.26 Å². The number of carboxylic acids is 1. The fraction of sp³-hybridized carbons (Fsp3) is 0.238. The number of hydrogen-bond acceptors (Lipinski definition) is 4. The Bertz CT molecular complexity index is 1010. The molecule has 5 nitrogen and oxygen atoms in total. The first-order valence-corrected chi connectivity index (χ1v) is 8.73. The van der Waals surface area contributed by atoms with E-state index in [-0.39, 0.29) is 17.7 Å². The Morgan fingerprint density at radius 1 is 1.31 bits per heavy atom. The number of anilines is 1. The number of fused-ring (bicyclic) bond motifs is 1. The summed E-state index contributed by atoms with van der Waals surface area (Å²) in [5, 5.41) is 21.5. The van der Waals surface area contributed by atoms with Crippen LogP contribution in [0.5, 0.6) is 5.75 Å². The highest BCUT2D eigenvalue weighted by Gasteiger charge is 2.28. The van der Waals surface area contributed by atoms with Gasteiger partial charge in [0.25, 0.3) is 0 Å². The molecule has 0 aromatic heterocycles. The van der Waals surface area contributed by atoms with Crippen LogP contribution in [0.3, 0.4) is 0 Å². The largest absolute Gasteiger partial charge is 0.492 e. The van der Waals surface area contributed by atoms with Crippen LogP contribution >= 0.6 is 0 Å². The summed E-state index contributed by atoms with van der Waals surface area (Å²) >= 11 is 0. The number of benzene rings is 2. The van der Waals surface area contributed by atoms with Gasteiger partial charge in [0.1, 0.15) is 11.8 Å². The second-order valence-corrected chi connectivity index (χ2v) is 6.62. The van der Waals surface area contributed by atoms with Crippen LogP contribution in [0.15, 0.2) is 42.5 Å². The lowest BCUT2D eigenvalue weighted by Crippen LogP contribution is -2.12. The molecule has 0 radical (unpaired) electrons. The average Bonchev–Trinajstić information content (AvgIpc) is 3.14. The molecule has 0 unspecified atom stereocenters. The lowest BCUT2D eigenvalue weighted by Gasteiger charge is -2.16. The number of carboxylic acid groups (broad SMARTS) is 1. The molecule has 1 aliphatic rings. The minimum atomic E-state index is -4.29. The number of nitriles is 1. The lowest BCUT2D eigenvalue weighted by atomic mass is 9.94. The molecule has 29 heavy (non-hydrogen) atoms. The Labute approximate surface area is 165 Å². The molecule has 0 fully saturated rings. The van der Waals surface area contributed by atoms with Crippen LogP contribution in [0, 0.1) is 11.3 Å². The molecule has 0 atom stereocenters. The van der Waals surface area contributed by atoms with E-state index < -0.39 is 18.6 Å². The van der Waals surface area contributed by atoms with Crippen molar-refractivity contribution >= 4 is 11.7 Å². The quantitative estimate of drug-likeness (QED) is 0.704. The number of hydrogen-bond donors (Lipinski definition) is 2. The van der Waals surface area contributed by atoms with Crippen molar-refractivity contribution in [1.82, 2.24) is 0 Å². The summed E-state index contributed by atoms with van der Waals surface area (Å²) in [6.45, 7) is 3.78. The van der Waals surface area contributed by atoms with E-state index in [4.69, 9.17) is 9.84 Å². The molecule has 0 aliphatic carbocycles. The van der Waals surface area contributed by atoms with E-state index in [1.165, 1.54) is 12.1 Å². The van der Waals surface area contributed by atoms with Gasteiger partial charge in [-0.15, -0.1) is 0 Å². The molecule has 1 aliphatic heterocycles. The fourth-order valence-electron chi connectivity index (χ4n) is 3.17. The summed E-state index contributed by atoms with van der Waals surface area (Å²) in [5.74, 6) is -0.631. The van der Waals surface area contributed by atoms with Crippen molar-refractivity contribution in [3.05, 3.63) is 59.2 Å². The minimum Gasteiger partial charge on any atom is -0.492 e. The number of aliphatic carboxylic acids is 1. The van der Waals surface area contributed by atoms with Crippen molar-refractivity contribution in [2.24, 2.45) is 0 Å². The lowest BCUT2D eigenvalue weighted by molar-refractivity contribution is -0.132. The van der Waals surface area contributed by atoms with Gasteiger partial charge in [0.2, 0.25) is 0 Å². The zero-order valence-corrected chi connectivity index (χ0v) is 15.3. The Morgan fingerprint density at radius 3 is 2.59 bits per heavy atom. The monoisotopic (exact) mass is 402 g/mol. The summed E-state index contributed by atoms with van der Waals surface area (Å²) in [4.78, 5) is 11.0. The number of carbonyl (C=O) groups is 1. The van der Waals surface area contributed by atoms with Gasteiger partial charge >= 0.3 is 12.1 Å². The zero-order valence-electron chi connectivity index (χ0n) is 15.3. The Morgan fingerprint density at radius 2 is 2.00 bits per heavy atom. The normalized spacial score (nSPS) is 12.6. The third-order valence-electron chi connectivity index (χ3n) is 4.55. The summed E-state index contributed by atoms with van der Waals surface area (Å²) in [7, 11) is 0. The standard InChI is InChI=1S/C21H17F3N2O3/c1-12(20(27)28)11-26-18-8-16(19-15(6-7-29-19)17(18)10-25)14-4-2-13(3-5-14)9-21(22,23)24/h2-5,8,26H,1,6-7,9,11H2,(H,27,28). The van der Waals surface area contributed by atoms with E-state index in [2.05, 4.69) is 18.0 Å². The molecule has 3 rings (SSSR count). The van der Waals surface area contributed by atoms with Crippen LogP contribution in [0.1, 0.15) is 16.7 Å². The SMILES string of the molecule is C=C(CNc1cc(-c2ccc(CC(F)(F)F)cc2)c2c(c1C#N)CCO2)C(=O)O. The molecule has 2 aromatic carbocycles. The number of rotatable bonds is 6. The van der Waals surface area contributed by atoms with Gasteiger partial charge in [0, 0.05) is 29.7 Å². The molecular weight excluding hydrogens is 385 g/mol. The van der Waals surface area contributed by atoms with E-state index in [1.54, 1.807) is 18.2 Å². The Hall–Kier alpha value is -3.47. The van der Waals surface area contributed by atoms with Crippen molar-refractivity contribution in [3.8, 4) is 22.9 Å². The minimum absolute atomic E-state index is 0.0619. The third kappa shape index (κ3) is 4.51. The van der Waals surface area contributed by atoms with Crippen LogP contribution < -0.4 is 10.1 Å². The van der Waals surface area contributed by atoms with Crippen LogP contribution in [0.4, 0.5) is 18.9 Å². The van der Waals surface area contributed by atoms with Gasteiger partial charge in [-0.05, 0) is 17.2 Å². The van der Waals surface area contributed by atoms with Gasteiger partial charge in [-0.3, -0.25) is 0 Å². The first kappa shape index (κ1) is 20.3. The third-order valence-corrected chi connectivity index (χ3v) is 4.55. The van der Waals surface area contributed by atoms with Gasteiger partial charge in [-0.1, -0.05) is 30.8 Å². The molecule has 0 saturated heterocycles. The first-order chi connectivity index (χ1) is 13.7. The maximum absolute atomic E-state index is 12.6. The molecule has 0 saturated carbocycles. The maximum atomic E-state index is 12.6. The second kappa shape index (κ2) is 7.87. The molecular formula is C21H17F3N2O3. The molecule has 1 heterocycles. The van der Waals surface area contributed by atoms with E-state index >= 15 is 0 Å². The van der Waals surface area contributed by atoms with Crippen LogP contribution in [0.25, 0.3) is 11.1 Å². The average molecular weight is 402 g/mol. The van der Waals surface area contributed by atoms with E-state index in [9.17, 15) is 23.2 Å². The summed E-state index contributed by atoms with van der Waals surface area (Å²) < 4.78 is 43.4. The first-order valence-electron chi connectivity index (χ1n) is 8.73. The summed E-state index contributed by atoms with van der Waals surface area (Å²) in [6, 6.07) is 9.72. The number of nitrogens with zero attached hydrogens (tertiary/aromatic N) is 1. The van der Waals surface area contributed by atoms with E-state index in [0.717, 1.165) is 0 Å². The number of halogens is 3. The highest BCUT2D eigenvalue weighted by molar-refractivity contribution is 5.87. The Kier molecular flexibility index (Phi) is 5.50. The van der Waals surface area contributed by atoms with Gasteiger partial charge in [-0.2, -0.15) is 18.4 Å². The predicted octanol–water partition coefficient (Wildman–Crippen LogP) is 4.32. The number of ether oxygens (including phenoxy) is 1. The van der Waals surface area contributed by atoms with Gasteiger partial charge in [-0.25, -0.2) is 4.79 Å². The van der Waals surface area contributed by atoms with Gasteiger partial charge in [0.15, 0.2) is 0 Å². The molecule has 2 aromatic rings. The van der Waals surface area contributed by atoms with Crippen LogP contribution in [-0.2, 0) is 17.6 Å². The zero-order chi connectivity index (χ0) is 21.2. The van der Waals surface area contributed by atoms with Gasteiger partial charge in [0.05, 0.1) is 24.3 Å². The maximum Gasteiger partial charge on any atom is 0.393 e. The molecule has 8 heteroatoms. The second-order valence-electron chi connectivity index (χ2n) is 6.62. The highest BCUT2D eigenvalue weighted by Crippen LogP contribution is 2.42. The smallest absolute Gasteiger partial charge is 0.393 e. The molecule has 0 bridgehead atoms. The van der Waals surface area contributed by atoms with Crippen LogP contribution in [-0.4, -0.2) is 30.4 Å². The van der Waals surface area contributed by atoms with Crippen molar-refractivity contribution in [2.75, 3.05) is 18.5 Å². The van der Waals surface area contributed by atoms with Gasteiger partial charge < -0.3 is 15.2 Å². The number of alkyl halides is 3.